The predicted molar refractivity (Wildman–Crippen MR) is 116 cm³/mol. The number of anilines is 1. The monoisotopic (exact) mass is 422 g/mol. The summed E-state index contributed by atoms with van der Waals surface area (Å²) in [5, 5.41) is 25.8. The van der Waals surface area contributed by atoms with Gasteiger partial charge in [-0.3, -0.25) is 4.79 Å². The number of fused-ring (bicyclic) bond motifs is 4. The van der Waals surface area contributed by atoms with E-state index in [1.807, 2.05) is 37.3 Å². The van der Waals surface area contributed by atoms with Crippen LogP contribution in [0, 0.1) is 34.5 Å². The van der Waals surface area contributed by atoms with Crippen LogP contribution >= 0.6 is 0 Å². The molecule has 0 unspecified atom stereocenters. The summed E-state index contributed by atoms with van der Waals surface area (Å²) in [5.74, 6) is -0.206. The van der Waals surface area contributed by atoms with Gasteiger partial charge in [-0.05, 0) is 86.2 Å². The zero-order chi connectivity index (χ0) is 22.0. The number of rotatable bonds is 2. The average Bonchev–Trinajstić information content (AvgIpc) is 3.06. The third-order valence-electron chi connectivity index (χ3n) is 9.39. The van der Waals surface area contributed by atoms with Crippen molar-refractivity contribution in [3.63, 3.8) is 0 Å². The van der Waals surface area contributed by atoms with E-state index in [1.165, 1.54) is 0 Å². The Morgan fingerprint density at radius 1 is 1.16 bits per heavy atom. The highest BCUT2D eigenvalue weighted by Gasteiger charge is 2.57. The number of carbonyl (C=O) groups is 2. The first-order chi connectivity index (χ1) is 14.7. The van der Waals surface area contributed by atoms with E-state index in [0.717, 1.165) is 44.2 Å². The summed E-state index contributed by atoms with van der Waals surface area (Å²) < 4.78 is 0. The molecule has 0 amide bonds. The van der Waals surface area contributed by atoms with E-state index >= 15 is 0 Å². The summed E-state index contributed by atoms with van der Waals surface area (Å²) in [6.45, 7) is 4.17. The van der Waals surface area contributed by atoms with Gasteiger partial charge in [-0.1, -0.05) is 32.1 Å². The summed E-state index contributed by atoms with van der Waals surface area (Å²) in [5.41, 5.74) is 1.09. The van der Waals surface area contributed by atoms with Crippen molar-refractivity contribution in [2.75, 3.05) is 5.32 Å². The second-order valence-corrected chi connectivity index (χ2v) is 10.8. The fraction of sp³-hybridized carbons (Fsp3) is 0.615. The lowest BCUT2D eigenvalue weighted by Gasteiger charge is -2.61. The molecule has 1 aliphatic heterocycles. The molecule has 0 saturated heterocycles. The minimum atomic E-state index is -1.01. The molecule has 1 heterocycles. The molecule has 5 heteroatoms. The smallest absolute Gasteiger partial charge is 0.210 e. The number of ketones is 1. The van der Waals surface area contributed by atoms with Crippen LogP contribution in [0.5, 0.6) is 0 Å². The lowest BCUT2D eigenvalue weighted by molar-refractivity contribution is -0.324. The molecule has 5 rings (SSSR count). The van der Waals surface area contributed by atoms with Crippen LogP contribution < -0.4 is 10.4 Å². The summed E-state index contributed by atoms with van der Waals surface area (Å²) in [7, 11) is 0. The summed E-state index contributed by atoms with van der Waals surface area (Å²) >= 11 is 0. The first-order valence-corrected chi connectivity index (χ1v) is 11.8. The van der Waals surface area contributed by atoms with Gasteiger partial charge in [0.05, 0.1) is 11.8 Å². The number of aliphatic carboxylic acids is 1. The van der Waals surface area contributed by atoms with Gasteiger partial charge in [0.25, 0.3) is 0 Å². The van der Waals surface area contributed by atoms with Crippen LogP contribution in [0.25, 0.3) is 0 Å². The van der Waals surface area contributed by atoms with Gasteiger partial charge in [-0.25, -0.2) is 0 Å². The number of carboxylic acid groups (broad SMARTS) is 1. The van der Waals surface area contributed by atoms with E-state index < -0.39 is 11.4 Å². The molecule has 5 nitrogen and oxygen atoms in total. The number of carboxylic acids is 1. The fourth-order valence-corrected chi connectivity index (χ4v) is 7.46. The molecule has 0 aromatic heterocycles. The van der Waals surface area contributed by atoms with Crippen LogP contribution in [0.2, 0.25) is 0 Å². The number of hydrogen-bond donors (Lipinski definition) is 2. The highest BCUT2D eigenvalue weighted by Crippen LogP contribution is 2.63. The number of carbonyl (C=O) groups excluding carboxylic acids is 2. The lowest BCUT2D eigenvalue weighted by atomic mass is 9.44. The van der Waals surface area contributed by atoms with Gasteiger partial charge in [0.2, 0.25) is 5.78 Å². The molecule has 3 saturated carbocycles. The van der Waals surface area contributed by atoms with Gasteiger partial charge in [0.1, 0.15) is 0 Å². The Labute approximate surface area is 183 Å². The number of Topliss-reactive ketones (excluding diaryl/α,β-unsaturated/α-hetero) is 1. The number of benzene rings is 1. The Bertz CT molecular complexity index is 954. The van der Waals surface area contributed by atoms with E-state index in [4.69, 9.17) is 0 Å². The normalized spacial score (nSPS) is 43.0. The topological polar surface area (TPSA) is 89.5 Å². The highest BCUT2D eigenvalue weighted by molar-refractivity contribution is 6.18. The molecule has 0 bridgehead atoms. The van der Waals surface area contributed by atoms with E-state index in [2.05, 4.69) is 12.2 Å². The van der Waals surface area contributed by atoms with Crippen LogP contribution in [-0.2, 0) is 4.79 Å². The average molecular weight is 423 g/mol. The lowest BCUT2D eigenvalue weighted by Crippen LogP contribution is -2.57. The van der Waals surface area contributed by atoms with Crippen LogP contribution in [0.1, 0.15) is 69.2 Å². The maximum atomic E-state index is 13.0. The fourth-order valence-electron chi connectivity index (χ4n) is 7.46. The molecule has 3 fully saturated rings. The predicted octanol–water partition coefficient (Wildman–Crippen LogP) is 3.54. The second kappa shape index (κ2) is 7.19. The molecule has 0 radical (unpaired) electrons. The van der Waals surface area contributed by atoms with Crippen molar-refractivity contribution in [2.45, 2.75) is 64.9 Å². The second-order valence-electron chi connectivity index (χ2n) is 10.8. The van der Waals surface area contributed by atoms with Gasteiger partial charge >= 0.3 is 0 Å². The number of allylic oxidation sites excluding steroid dienone is 2. The Morgan fingerprint density at radius 3 is 2.68 bits per heavy atom. The number of aliphatic hydroxyl groups is 1. The highest BCUT2D eigenvalue weighted by atomic mass is 16.4. The van der Waals surface area contributed by atoms with Crippen LogP contribution in [0.15, 0.2) is 36.0 Å². The minimum Gasteiger partial charge on any atom is -0.550 e. The standard InChI is InChI=1S/C26H33NO4/c1-25-11-9-16(28)13-15(25)7-8-17-19(25)10-12-26(2,24(30)31)20(17)14-22-23(29)18-5-3-4-6-21(18)27-22/h3-6,14-17,19-20,27-28H,7-13H2,1-2H3,(H,30,31)/p-1/b22-14+/t15-,16+,17-,19-,20+,25-,26-/m0/s1. The third kappa shape index (κ3) is 3.07. The Balaban J connectivity index is 1.52. The largest absolute Gasteiger partial charge is 0.550 e. The molecule has 7 atom stereocenters. The molecular weight excluding hydrogens is 390 g/mol. The van der Waals surface area contributed by atoms with Crippen LogP contribution in [0.3, 0.4) is 0 Å². The molecule has 4 aliphatic rings. The summed E-state index contributed by atoms with van der Waals surface area (Å²) in [4.78, 5) is 25.4. The molecule has 1 aromatic carbocycles. The van der Waals surface area contributed by atoms with E-state index in [9.17, 15) is 19.8 Å². The molecule has 166 valence electrons. The molecule has 31 heavy (non-hydrogen) atoms. The summed E-state index contributed by atoms with van der Waals surface area (Å²) in [6.07, 6.45) is 7.80. The van der Waals surface area contributed by atoms with Gasteiger partial charge in [-0.15, -0.1) is 0 Å². The zero-order valence-corrected chi connectivity index (χ0v) is 18.4. The summed E-state index contributed by atoms with van der Waals surface area (Å²) in [6, 6.07) is 7.44. The van der Waals surface area contributed by atoms with Gasteiger partial charge < -0.3 is 20.3 Å². The van der Waals surface area contributed by atoms with Crippen LogP contribution in [0.4, 0.5) is 5.69 Å². The third-order valence-corrected chi connectivity index (χ3v) is 9.39. The zero-order valence-electron chi connectivity index (χ0n) is 18.4. The van der Waals surface area contributed by atoms with Crippen molar-refractivity contribution in [1.82, 2.24) is 0 Å². The van der Waals surface area contributed by atoms with E-state index in [1.54, 1.807) is 0 Å². The maximum Gasteiger partial charge on any atom is 0.210 e. The number of nitrogens with one attached hydrogen (secondary N) is 1. The quantitative estimate of drug-likeness (QED) is 0.712. The maximum absolute atomic E-state index is 13.0. The Kier molecular flexibility index (Phi) is 4.81. The first-order valence-electron chi connectivity index (χ1n) is 11.8. The SMILES string of the molecule is C[C@]12CC[C@@H](O)C[C@@H]1CC[C@@H]1[C@@H](/C=C3/Nc4ccccc4C3=O)[C@@](C)(C(=O)[O-])CC[C@@H]12. The molecule has 0 spiro atoms. The molecule has 2 N–H and O–H groups in total. The number of hydrogen-bond acceptors (Lipinski definition) is 5. The Morgan fingerprint density at radius 2 is 1.94 bits per heavy atom. The van der Waals surface area contributed by atoms with Crippen molar-refractivity contribution in [1.29, 1.82) is 0 Å². The van der Waals surface area contributed by atoms with Crippen molar-refractivity contribution >= 4 is 17.4 Å². The molecular formula is C26H32NO4-. The number of para-hydroxylation sites is 1. The molecule has 3 aliphatic carbocycles. The molecule has 1 aromatic rings. The minimum absolute atomic E-state index is 0.0564. The van der Waals surface area contributed by atoms with Crippen molar-refractivity contribution in [3.8, 4) is 0 Å². The van der Waals surface area contributed by atoms with Gasteiger partial charge in [-0.2, -0.15) is 0 Å². The van der Waals surface area contributed by atoms with E-state index in [0.29, 0.717) is 29.5 Å². The van der Waals surface area contributed by atoms with Crippen molar-refractivity contribution in [2.24, 2.45) is 34.5 Å². The van der Waals surface area contributed by atoms with Crippen molar-refractivity contribution < 1.29 is 19.8 Å². The van der Waals surface area contributed by atoms with Gasteiger partial charge in [0, 0.05) is 22.6 Å². The van der Waals surface area contributed by atoms with Crippen molar-refractivity contribution in [3.05, 3.63) is 41.6 Å². The Hall–Kier alpha value is -2.14. The van der Waals surface area contributed by atoms with Crippen LogP contribution in [-0.4, -0.2) is 23.0 Å². The van der Waals surface area contributed by atoms with E-state index in [-0.39, 0.29) is 29.1 Å². The van der Waals surface area contributed by atoms with Gasteiger partial charge in [0.15, 0.2) is 0 Å². The first kappa shape index (κ1) is 20.7. The number of aliphatic hydroxyl groups excluding tert-OH is 1.